The molecule has 0 unspecified atom stereocenters. The van der Waals surface area contributed by atoms with Gasteiger partial charge in [0.1, 0.15) is 5.76 Å². The molecule has 0 saturated heterocycles. The molecular weight excluding hydrogens is 412 g/mol. The molecule has 0 aliphatic heterocycles. The first kappa shape index (κ1) is 18.9. The van der Waals surface area contributed by atoms with Crippen molar-refractivity contribution in [1.82, 2.24) is 9.78 Å². The summed E-state index contributed by atoms with van der Waals surface area (Å²) in [7, 11) is 0. The summed E-state index contributed by atoms with van der Waals surface area (Å²) in [5, 5.41) is 9.87. The molecule has 1 aromatic carbocycles. The van der Waals surface area contributed by atoms with Gasteiger partial charge in [0.25, 0.3) is 5.91 Å². The molecule has 7 nitrogen and oxygen atoms in total. The van der Waals surface area contributed by atoms with Gasteiger partial charge in [-0.05, 0) is 66.2 Å². The minimum Gasteiger partial charge on any atom is -0.454 e. The Morgan fingerprint density at radius 3 is 2.26 bits per heavy atom. The van der Waals surface area contributed by atoms with Crippen molar-refractivity contribution in [3.8, 4) is 0 Å². The maximum atomic E-state index is 12.4. The zero-order valence-corrected chi connectivity index (χ0v) is 16.8. The molecule has 3 rings (SSSR count). The summed E-state index contributed by atoms with van der Waals surface area (Å²) < 4.78 is 8.44. The summed E-state index contributed by atoms with van der Waals surface area (Å²) in [5.41, 5.74) is 3.17. The molecule has 27 heavy (non-hydrogen) atoms. The number of amides is 2. The van der Waals surface area contributed by atoms with E-state index in [1.54, 1.807) is 36.4 Å². The Bertz CT molecular complexity index is 989. The van der Waals surface area contributed by atoms with Crippen LogP contribution in [0.1, 0.15) is 34.6 Å². The van der Waals surface area contributed by atoms with Gasteiger partial charge in [0.05, 0.1) is 22.4 Å². The van der Waals surface area contributed by atoms with Gasteiger partial charge in [0.2, 0.25) is 5.91 Å². The highest BCUT2D eigenvalue weighted by Crippen LogP contribution is 2.21. The fourth-order valence-electron chi connectivity index (χ4n) is 2.59. The molecule has 2 amide bonds. The second-order valence-corrected chi connectivity index (χ2v) is 6.91. The zero-order valence-electron chi connectivity index (χ0n) is 15.2. The van der Waals surface area contributed by atoms with Gasteiger partial charge in [-0.15, -0.1) is 0 Å². The Labute approximate surface area is 164 Å². The third-order valence-electron chi connectivity index (χ3n) is 3.95. The monoisotopic (exact) mass is 430 g/mol. The van der Waals surface area contributed by atoms with Crippen molar-refractivity contribution >= 4 is 39.1 Å². The van der Waals surface area contributed by atoms with Crippen molar-refractivity contribution in [2.75, 3.05) is 10.6 Å². The van der Waals surface area contributed by atoms with Crippen LogP contribution in [0.4, 0.5) is 11.4 Å². The Kier molecular flexibility index (Phi) is 5.46. The van der Waals surface area contributed by atoms with Crippen molar-refractivity contribution in [3.05, 3.63) is 63.8 Å². The van der Waals surface area contributed by atoms with E-state index in [0.717, 1.165) is 15.9 Å². The molecule has 0 aliphatic rings. The fraction of sp³-hybridized carbons (Fsp3) is 0.211. The summed E-state index contributed by atoms with van der Waals surface area (Å²) in [6, 6.07) is 10.2. The number of furan rings is 1. The lowest BCUT2D eigenvalue weighted by atomic mass is 10.2. The lowest BCUT2D eigenvalue weighted by Crippen LogP contribution is -2.11. The molecule has 2 aromatic heterocycles. The molecule has 3 aromatic rings. The molecule has 0 aliphatic carbocycles. The first-order valence-electron chi connectivity index (χ1n) is 8.30. The largest absolute Gasteiger partial charge is 0.454 e. The first-order chi connectivity index (χ1) is 12.8. The Morgan fingerprint density at radius 1 is 1.07 bits per heavy atom. The van der Waals surface area contributed by atoms with Crippen molar-refractivity contribution in [3.63, 3.8) is 0 Å². The topological polar surface area (TPSA) is 89.2 Å². The number of hydrogen-bond acceptors (Lipinski definition) is 4. The van der Waals surface area contributed by atoms with Crippen LogP contribution in [0.2, 0.25) is 0 Å². The van der Waals surface area contributed by atoms with E-state index in [1.165, 1.54) is 6.92 Å². The number of aryl methyl sites for hydroxylation is 1. The van der Waals surface area contributed by atoms with Crippen molar-refractivity contribution in [2.24, 2.45) is 0 Å². The average molecular weight is 431 g/mol. The summed E-state index contributed by atoms with van der Waals surface area (Å²) in [4.78, 5) is 23.4. The molecule has 0 spiro atoms. The number of benzene rings is 1. The normalized spacial score (nSPS) is 10.7. The van der Waals surface area contributed by atoms with E-state index in [-0.39, 0.29) is 17.6 Å². The van der Waals surface area contributed by atoms with E-state index >= 15 is 0 Å². The smallest absolute Gasteiger partial charge is 0.291 e. The molecule has 2 N–H and O–H groups in total. The van der Waals surface area contributed by atoms with Crippen LogP contribution in [0.15, 0.2) is 45.3 Å². The van der Waals surface area contributed by atoms with E-state index in [1.807, 2.05) is 18.5 Å². The Morgan fingerprint density at radius 2 is 1.70 bits per heavy atom. The number of nitrogens with zero attached hydrogens (tertiary/aromatic N) is 2. The van der Waals surface area contributed by atoms with Crippen LogP contribution in [-0.2, 0) is 11.3 Å². The van der Waals surface area contributed by atoms with E-state index < -0.39 is 0 Å². The van der Waals surface area contributed by atoms with Gasteiger partial charge in [0, 0.05) is 18.3 Å². The van der Waals surface area contributed by atoms with Crippen LogP contribution in [0.3, 0.4) is 0 Å². The zero-order chi connectivity index (χ0) is 19.6. The molecule has 2 heterocycles. The minimum atomic E-state index is -0.344. The summed E-state index contributed by atoms with van der Waals surface area (Å²) in [5.74, 6) is 0.364. The minimum absolute atomic E-state index is 0.149. The van der Waals surface area contributed by atoms with Crippen LogP contribution in [0.5, 0.6) is 0 Å². The molecule has 0 saturated carbocycles. The number of hydrogen-bond donors (Lipinski definition) is 2. The van der Waals surface area contributed by atoms with Crippen LogP contribution < -0.4 is 10.6 Å². The highest BCUT2D eigenvalue weighted by molar-refractivity contribution is 9.10. The molecule has 140 valence electrons. The average Bonchev–Trinajstić information content (AvgIpc) is 3.18. The number of carbonyl (C=O) groups excluding carboxylic acids is 2. The van der Waals surface area contributed by atoms with Gasteiger partial charge in [-0.3, -0.25) is 14.3 Å². The predicted octanol–water partition coefficient (Wildman–Crippen LogP) is 4.11. The van der Waals surface area contributed by atoms with Gasteiger partial charge in [0.15, 0.2) is 5.76 Å². The van der Waals surface area contributed by atoms with E-state index in [4.69, 9.17) is 4.42 Å². The third-order valence-corrected chi connectivity index (χ3v) is 5.10. The molecule has 0 bridgehead atoms. The number of carbonyl (C=O) groups is 2. The summed E-state index contributed by atoms with van der Waals surface area (Å²) >= 11 is 3.50. The third kappa shape index (κ3) is 4.46. The van der Waals surface area contributed by atoms with Crippen molar-refractivity contribution < 1.29 is 14.0 Å². The second kappa shape index (κ2) is 7.79. The maximum absolute atomic E-state index is 12.4. The lowest BCUT2D eigenvalue weighted by molar-refractivity contribution is -0.114. The Balaban J connectivity index is 1.66. The fourth-order valence-corrected chi connectivity index (χ4v) is 2.88. The standard InChI is InChI=1S/C19H19BrN4O3/c1-11-18(20)12(2)24(23-11)10-16-8-9-17(27-16)19(26)22-15-6-4-14(5-7-15)21-13(3)25/h4-9H,10H2,1-3H3,(H,21,25)(H,22,26). The lowest BCUT2D eigenvalue weighted by Gasteiger charge is -2.06. The van der Waals surface area contributed by atoms with Gasteiger partial charge >= 0.3 is 0 Å². The van der Waals surface area contributed by atoms with Gasteiger partial charge in [-0.1, -0.05) is 0 Å². The highest BCUT2D eigenvalue weighted by Gasteiger charge is 2.14. The molecule has 0 atom stereocenters. The number of rotatable bonds is 5. The SMILES string of the molecule is CC(=O)Nc1ccc(NC(=O)c2ccc(Cn3nc(C)c(Br)c3C)o2)cc1. The second-order valence-electron chi connectivity index (χ2n) is 6.12. The molecular formula is C19H19BrN4O3. The maximum Gasteiger partial charge on any atom is 0.291 e. The molecule has 8 heteroatoms. The quantitative estimate of drug-likeness (QED) is 0.636. The van der Waals surface area contributed by atoms with Gasteiger partial charge < -0.3 is 15.1 Å². The van der Waals surface area contributed by atoms with Crippen molar-refractivity contribution in [1.29, 1.82) is 0 Å². The number of nitrogens with one attached hydrogen (secondary N) is 2. The Hall–Kier alpha value is -2.87. The van der Waals surface area contributed by atoms with Crippen LogP contribution >= 0.6 is 15.9 Å². The van der Waals surface area contributed by atoms with Crippen LogP contribution in [-0.4, -0.2) is 21.6 Å². The van der Waals surface area contributed by atoms with Gasteiger partial charge in [-0.25, -0.2) is 0 Å². The highest BCUT2D eigenvalue weighted by atomic mass is 79.9. The predicted molar refractivity (Wildman–Crippen MR) is 106 cm³/mol. The number of aromatic nitrogens is 2. The van der Waals surface area contributed by atoms with E-state index in [2.05, 4.69) is 31.7 Å². The van der Waals surface area contributed by atoms with Crippen molar-refractivity contribution in [2.45, 2.75) is 27.3 Å². The summed E-state index contributed by atoms with van der Waals surface area (Å²) in [6.45, 7) is 5.77. The van der Waals surface area contributed by atoms with Gasteiger partial charge in [-0.2, -0.15) is 5.10 Å². The van der Waals surface area contributed by atoms with E-state index in [9.17, 15) is 9.59 Å². The molecule has 0 radical (unpaired) electrons. The summed E-state index contributed by atoms with van der Waals surface area (Å²) in [6.07, 6.45) is 0. The number of halogens is 1. The first-order valence-corrected chi connectivity index (χ1v) is 9.10. The van der Waals surface area contributed by atoms with Crippen LogP contribution in [0.25, 0.3) is 0 Å². The van der Waals surface area contributed by atoms with Crippen LogP contribution in [0, 0.1) is 13.8 Å². The molecule has 0 fully saturated rings. The number of anilines is 2. The van der Waals surface area contributed by atoms with E-state index in [0.29, 0.717) is 23.7 Å².